The molecule has 1 fully saturated rings. The van der Waals surface area contributed by atoms with Crippen molar-refractivity contribution in [2.24, 2.45) is 5.41 Å². The molecule has 0 saturated carbocycles. The molecule has 0 bridgehead atoms. The number of aromatic amines is 1. The van der Waals surface area contributed by atoms with E-state index in [1.54, 1.807) is 17.3 Å². The lowest BCUT2D eigenvalue weighted by molar-refractivity contribution is 0.0963. The minimum absolute atomic E-state index is 0.115. The summed E-state index contributed by atoms with van der Waals surface area (Å²) in [6.45, 7) is 7.50. The van der Waals surface area contributed by atoms with Crippen LogP contribution in [0, 0.1) is 5.41 Å². The first kappa shape index (κ1) is 23.1. The molecule has 1 unspecified atom stereocenters. The zero-order valence-electron chi connectivity index (χ0n) is 21.5. The second-order valence-corrected chi connectivity index (χ2v) is 11.3. The Labute approximate surface area is 219 Å². The largest absolute Gasteiger partial charge is 0.364 e. The molecular formula is C28H30N8O2. The monoisotopic (exact) mass is 510 g/mol. The SMILES string of the molecule is CC1(C)Cc2cc3n(c2C1)CCN(c1nccc(-c2ccnc4[nH]nc(NC5CCNC5)c24)c1C=O)C3=O. The minimum Gasteiger partial charge on any atom is -0.364 e. The van der Waals surface area contributed by atoms with Gasteiger partial charge in [-0.2, -0.15) is 5.10 Å². The predicted octanol–water partition coefficient (Wildman–Crippen LogP) is 3.19. The highest BCUT2D eigenvalue weighted by atomic mass is 16.2. The standard InChI is InChI=1S/C28H30N8O2/c1-28(2)12-16-11-21-27(38)36(10-9-35(21)22(16)13-28)26-20(15-37)18(4-8-31-26)19-5-7-30-24-23(19)25(34-33-24)32-17-3-6-29-14-17/h4-5,7-8,11,15,17,29H,3,6,9-10,12-14H2,1-2H3,(H2,30,32,33,34). The van der Waals surface area contributed by atoms with Gasteiger partial charge in [0.25, 0.3) is 5.91 Å². The van der Waals surface area contributed by atoms with Crippen molar-refractivity contribution in [3.05, 3.63) is 53.1 Å². The van der Waals surface area contributed by atoms with Crippen molar-refractivity contribution in [2.75, 3.05) is 29.9 Å². The maximum atomic E-state index is 13.7. The summed E-state index contributed by atoms with van der Waals surface area (Å²) in [4.78, 5) is 37.0. The van der Waals surface area contributed by atoms with Crippen LogP contribution in [0.5, 0.6) is 0 Å². The summed E-state index contributed by atoms with van der Waals surface area (Å²) in [5.74, 6) is 0.977. The van der Waals surface area contributed by atoms with E-state index in [1.807, 2.05) is 18.2 Å². The fraction of sp³-hybridized carbons (Fsp3) is 0.393. The predicted molar refractivity (Wildman–Crippen MR) is 145 cm³/mol. The van der Waals surface area contributed by atoms with Crippen LogP contribution in [0.4, 0.5) is 11.6 Å². The summed E-state index contributed by atoms with van der Waals surface area (Å²) in [6, 6.07) is 6.01. The molecule has 0 aromatic carbocycles. The Kier molecular flexibility index (Phi) is 5.16. The van der Waals surface area contributed by atoms with Gasteiger partial charge in [0.05, 0.1) is 10.9 Å². The van der Waals surface area contributed by atoms with Crippen LogP contribution in [0.2, 0.25) is 0 Å². The molecule has 4 aromatic heterocycles. The summed E-state index contributed by atoms with van der Waals surface area (Å²) < 4.78 is 2.17. The van der Waals surface area contributed by atoms with Gasteiger partial charge in [-0.3, -0.25) is 19.6 Å². The number of carbonyl (C=O) groups is 2. The number of fused-ring (bicyclic) bond motifs is 4. The molecular weight excluding hydrogens is 480 g/mol. The van der Waals surface area contributed by atoms with E-state index in [4.69, 9.17) is 0 Å². The van der Waals surface area contributed by atoms with Gasteiger partial charge in [-0.25, -0.2) is 9.97 Å². The third-order valence-corrected chi connectivity index (χ3v) is 8.12. The number of anilines is 2. The van der Waals surface area contributed by atoms with Crippen molar-refractivity contribution in [2.45, 2.75) is 45.7 Å². The number of amides is 1. The first-order valence-electron chi connectivity index (χ1n) is 13.2. The van der Waals surface area contributed by atoms with Crippen LogP contribution in [-0.2, 0) is 19.4 Å². The zero-order valence-corrected chi connectivity index (χ0v) is 21.5. The maximum Gasteiger partial charge on any atom is 0.276 e. The van der Waals surface area contributed by atoms with Gasteiger partial charge in [-0.15, -0.1) is 0 Å². The van der Waals surface area contributed by atoms with E-state index in [2.05, 4.69) is 49.2 Å². The number of nitrogens with zero attached hydrogens (tertiary/aromatic N) is 5. The Balaban J connectivity index is 1.29. The summed E-state index contributed by atoms with van der Waals surface area (Å²) >= 11 is 0. The smallest absolute Gasteiger partial charge is 0.276 e. The lowest BCUT2D eigenvalue weighted by Gasteiger charge is -2.30. The second kappa shape index (κ2) is 8.49. The molecule has 2 aliphatic heterocycles. The normalized spacial score (nSPS) is 20.1. The van der Waals surface area contributed by atoms with Crippen LogP contribution < -0.4 is 15.5 Å². The Bertz CT molecular complexity index is 1590. The first-order chi connectivity index (χ1) is 18.4. The highest BCUT2D eigenvalue weighted by molar-refractivity contribution is 6.10. The molecule has 1 aliphatic carbocycles. The third kappa shape index (κ3) is 3.54. The van der Waals surface area contributed by atoms with E-state index in [0.717, 1.165) is 49.6 Å². The molecule has 3 N–H and O–H groups in total. The minimum atomic E-state index is -0.115. The van der Waals surface area contributed by atoms with Crippen molar-refractivity contribution in [1.82, 2.24) is 30.0 Å². The van der Waals surface area contributed by atoms with E-state index in [1.165, 1.54) is 11.3 Å². The fourth-order valence-electron chi connectivity index (χ4n) is 6.39. The van der Waals surface area contributed by atoms with Gasteiger partial charge in [-0.1, -0.05) is 13.8 Å². The number of pyridine rings is 2. The summed E-state index contributed by atoms with van der Waals surface area (Å²) in [6.07, 6.45) is 7.12. The van der Waals surface area contributed by atoms with Crippen LogP contribution in [-0.4, -0.2) is 62.6 Å². The fourth-order valence-corrected chi connectivity index (χ4v) is 6.39. The van der Waals surface area contributed by atoms with Crippen LogP contribution in [0.1, 0.15) is 52.4 Å². The molecule has 3 aliphatic rings. The Morgan fingerprint density at radius 1 is 1.13 bits per heavy atom. The molecule has 194 valence electrons. The van der Waals surface area contributed by atoms with E-state index in [-0.39, 0.29) is 17.4 Å². The summed E-state index contributed by atoms with van der Waals surface area (Å²) in [7, 11) is 0. The van der Waals surface area contributed by atoms with Crippen molar-refractivity contribution < 1.29 is 9.59 Å². The van der Waals surface area contributed by atoms with E-state index >= 15 is 0 Å². The van der Waals surface area contributed by atoms with E-state index in [0.29, 0.717) is 47.2 Å². The highest BCUT2D eigenvalue weighted by Gasteiger charge is 2.37. The van der Waals surface area contributed by atoms with Crippen LogP contribution >= 0.6 is 0 Å². The quantitative estimate of drug-likeness (QED) is 0.353. The van der Waals surface area contributed by atoms with E-state index in [9.17, 15) is 9.59 Å². The zero-order chi connectivity index (χ0) is 26.0. The number of H-pyrrole nitrogens is 1. The van der Waals surface area contributed by atoms with Gasteiger partial charge in [0.15, 0.2) is 17.8 Å². The van der Waals surface area contributed by atoms with Gasteiger partial charge in [0.2, 0.25) is 0 Å². The number of hydrogen-bond donors (Lipinski definition) is 3. The molecule has 0 spiro atoms. The average Bonchev–Trinajstić information content (AvgIpc) is 3.69. The first-order valence-corrected chi connectivity index (χ1v) is 13.2. The van der Waals surface area contributed by atoms with Gasteiger partial charge < -0.3 is 15.2 Å². The number of hydrogen-bond acceptors (Lipinski definition) is 7. The molecule has 38 heavy (non-hydrogen) atoms. The lowest BCUT2D eigenvalue weighted by Crippen LogP contribution is -2.41. The number of nitrogens with one attached hydrogen (secondary N) is 3. The number of aldehydes is 1. The Hall–Kier alpha value is -4.05. The number of rotatable bonds is 5. The van der Waals surface area contributed by atoms with Crippen molar-refractivity contribution in [1.29, 1.82) is 0 Å². The highest BCUT2D eigenvalue weighted by Crippen LogP contribution is 2.40. The maximum absolute atomic E-state index is 13.7. The van der Waals surface area contributed by atoms with Crippen molar-refractivity contribution in [3.8, 4) is 11.1 Å². The van der Waals surface area contributed by atoms with Crippen molar-refractivity contribution >= 4 is 34.9 Å². The molecule has 1 atom stereocenters. The number of aromatic nitrogens is 5. The Morgan fingerprint density at radius 3 is 2.79 bits per heavy atom. The molecule has 1 amide bonds. The molecule has 1 saturated heterocycles. The molecule has 4 aromatic rings. The van der Waals surface area contributed by atoms with Gasteiger partial charge in [0, 0.05) is 43.8 Å². The summed E-state index contributed by atoms with van der Waals surface area (Å²) in [5.41, 5.74) is 5.96. The van der Waals surface area contributed by atoms with Gasteiger partial charge in [0.1, 0.15) is 11.5 Å². The molecule has 10 heteroatoms. The van der Waals surface area contributed by atoms with Gasteiger partial charge in [-0.05, 0) is 66.1 Å². The van der Waals surface area contributed by atoms with Gasteiger partial charge >= 0.3 is 0 Å². The average molecular weight is 511 g/mol. The molecule has 10 nitrogen and oxygen atoms in total. The lowest BCUT2D eigenvalue weighted by atomic mass is 9.90. The molecule has 7 rings (SSSR count). The van der Waals surface area contributed by atoms with Crippen LogP contribution in [0.15, 0.2) is 30.6 Å². The van der Waals surface area contributed by atoms with E-state index < -0.39 is 0 Å². The molecule has 6 heterocycles. The molecule has 0 radical (unpaired) electrons. The number of carbonyl (C=O) groups excluding carboxylic acids is 2. The topological polar surface area (TPSA) is 121 Å². The van der Waals surface area contributed by atoms with Crippen molar-refractivity contribution in [3.63, 3.8) is 0 Å². The third-order valence-electron chi connectivity index (χ3n) is 8.12. The summed E-state index contributed by atoms with van der Waals surface area (Å²) in [5, 5.41) is 15.2. The van der Waals surface area contributed by atoms with Crippen LogP contribution in [0.25, 0.3) is 22.2 Å². The second-order valence-electron chi connectivity index (χ2n) is 11.3. The Morgan fingerprint density at radius 2 is 1.97 bits per heavy atom. The van der Waals surface area contributed by atoms with Crippen LogP contribution in [0.3, 0.4) is 0 Å².